The number of nitriles is 1. The van der Waals surface area contributed by atoms with Crippen LogP contribution in [-0.4, -0.2) is 39.5 Å². The van der Waals surface area contributed by atoms with Crippen LogP contribution in [-0.2, 0) is 24.2 Å². The van der Waals surface area contributed by atoms with Gasteiger partial charge in [0.25, 0.3) is 0 Å². The molecule has 1 aromatic carbocycles. The Kier molecular flexibility index (Phi) is 8.84. The molecule has 0 bridgehead atoms. The molecule has 1 N–H and O–H groups in total. The third kappa shape index (κ3) is 5.92. The molecule has 1 aliphatic rings. The highest BCUT2D eigenvalue weighted by atomic mass is 32.2. The van der Waals surface area contributed by atoms with Crippen LogP contribution in [0, 0.1) is 22.7 Å². The van der Waals surface area contributed by atoms with E-state index in [0.29, 0.717) is 28.2 Å². The molecule has 0 fully saturated rings. The number of carbonyl (C=O) groups excluding carboxylic acids is 1. The second-order valence-electron chi connectivity index (χ2n) is 10.7. The molecular formula is C29H38N6OS2. The average Bonchev–Trinajstić information content (AvgIpc) is 3.47. The Bertz CT molecular complexity index is 1310. The number of thioether (sulfide) groups is 1. The van der Waals surface area contributed by atoms with Crippen LogP contribution < -0.4 is 10.2 Å². The van der Waals surface area contributed by atoms with E-state index in [4.69, 9.17) is 0 Å². The number of amides is 1. The standard InChI is InChI=1S/C29H38N6OS2/c1-7-34(8-2)21-13-10-19(11-14-21)26-32-33-28(35(26)9-3)37-18-25(36)31-27-23(17-30)22-15-12-20(29(4,5)6)16-24(22)38-27/h10-11,13-14,20H,7-9,12,15-16,18H2,1-6H3,(H,31,36). The van der Waals surface area contributed by atoms with Crippen LogP contribution in [0.2, 0.25) is 0 Å². The van der Waals surface area contributed by atoms with Gasteiger partial charge < -0.3 is 14.8 Å². The van der Waals surface area contributed by atoms with Crippen molar-refractivity contribution in [2.75, 3.05) is 29.1 Å². The molecule has 38 heavy (non-hydrogen) atoms. The second-order valence-corrected chi connectivity index (χ2v) is 12.8. The number of hydrogen-bond acceptors (Lipinski definition) is 7. The smallest absolute Gasteiger partial charge is 0.235 e. The Morgan fingerprint density at radius 1 is 1.21 bits per heavy atom. The maximum atomic E-state index is 12.9. The Morgan fingerprint density at radius 2 is 1.92 bits per heavy atom. The zero-order valence-corrected chi connectivity index (χ0v) is 24.9. The predicted octanol–water partition coefficient (Wildman–Crippen LogP) is 6.63. The van der Waals surface area contributed by atoms with Crippen molar-refractivity contribution in [3.63, 3.8) is 0 Å². The molecule has 7 nitrogen and oxygen atoms in total. The minimum Gasteiger partial charge on any atom is -0.372 e. The number of nitrogens with zero attached hydrogens (tertiary/aromatic N) is 5. The highest BCUT2D eigenvalue weighted by Crippen LogP contribution is 2.44. The molecule has 0 saturated carbocycles. The van der Waals surface area contributed by atoms with E-state index >= 15 is 0 Å². The van der Waals surface area contributed by atoms with E-state index in [9.17, 15) is 10.1 Å². The van der Waals surface area contributed by atoms with Gasteiger partial charge in [-0.3, -0.25) is 4.79 Å². The van der Waals surface area contributed by atoms with Gasteiger partial charge in [0.15, 0.2) is 11.0 Å². The van der Waals surface area contributed by atoms with Crippen LogP contribution >= 0.6 is 23.1 Å². The number of aromatic nitrogens is 3. The minimum atomic E-state index is -0.131. The van der Waals surface area contributed by atoms with Gasteiger partial charge >= 0.3 is 0 Å². The molecule has 9 heteroatoms. The number of hydrogen-bond donors (Lipinski definition) is 1. The molecule has 1 aliphatic carbocycles. The number of fused-ring (bicyclic) bond motifs is 1. The van der Waals surface area contributed by atoms with E-state index in [1.165, 1.54) is 22.3 Å². The van der Waals surface area contributed by atoms with Gasteiger partial charge in [-0.1, -0.05) is 32.5 Å². The Hall–Kier alpha value is -2.83. The summed E-state index contributed by atoms with van der Waals surface area (Å²) in [5.74, 6) is 1.46. The highest BCUT2D eigenvalue weighted by molar-refractivity contribution is 7.99. The van der Waals surface area contributed by atoms with Crippen molar-refractivity contribution in [3.8, 4) is 17.5 Å². The fourth-order valence-corrected chi connectivity index (χ4v) is 7.22. The Labute approximate surface area is 234 Å². The molecule has 3 aromatic rings. The van der Waals surface area contributed by atoms with Crippen molar-refractivity contribution >= 4 is 39.7 Å². The van der Waals surface area contributed by atoms with E-state index in [1.54, 1.807) is 11.3 Å². The average molecular weight is 551 g/mol. The molecule has 2 aromatic heterocycles. The van der Waals surface area contributed by atoms with Crippen molar-refractivity contribution in [1.82, 2.24) is 14.8 Å². The molecule has 0 spiro atoms. The van der Waals surface area contributed by atoms with E-state index < -0.39 is 0 Å². The topological polar surface area (TPSA) is 86.8 Å². The maximum absolute atomic E-state index is 12.9. The number of carbonyl (C=O) groups is 1. The number of thiophene rings is 1. The third-order valence-corrected chi connectivity index (χ3v) is 9.61. The number of benzene rings is 1. The third-order valence-electron chi connectivity index (χ3n) is 7.47. The van der Waals surface area contributed by atoms with E-state index in [0.717, 1.165) is 49.3 Å². The summed E-state index contributed by atoms with van der Waals surface area (Å²) in [5.41, 5.74) is 4.19. The Balaban J connectivity index is 1.44. The number of nitrogens with one attached hydrogen (secondary N) is 1. The summed E-state index contributed by atoms with van der Waals surface area (Å²) in [7, 11) is 0. The molecule has 0 saturated heterocycles. The first-order valence-electron chi connectivity index (χ1n) is 13.5. The van der Waals surface area contributed by atoms with Gasteiger partial charge in [0, 0.05) is 35.8 Å². The van der Waals surface area contributed by atoms with Gasteiger partial charge in [-0.15, -0.1) is 21.5 Å². The van der Waals surface area contributed by atoms with Crippen molar-refractivity contribution in [1.29, 1.82) is 5.26 Å². The summed E-state index contributed by atoms with van der Waals surface area (Å²) in [4.78, 5) is 16.5. The fourth-order valence-electron chi connectivity index (χ4n) is 5.13. The zero-order chi connectivity index (χ0) is 27.4. The first kappa shape index (κ1) is 28.2. The molecule has 2 heterocycles. The van der Waals surface area contributed by atoms with Crippen LogP contribution in [0.3, 0.4) is 0 Å². The lowest BCUT2D eigenvalue weighted by Crippen LogP contribution is -2.26. The normalized spacial score (nSPS) is 15.1. The maximum Gasteiger partial charge on any atom is 0.235 e. The molecule has 4 rings (SSSR count). The number of anilines is 2. The SMILES string of the molecule is CCN(CC)c1ccc(-c2nnc(SCC(=O)Nc3sc4c(c3C#N)CCC(C(C)(C)C)C4)n2CC)cc1. The zero-order valence-electron chi connectivity index (χ0n) is 23.3. The van der Waals surface area contributed by atoms with Crippen molar-refractivity contribution in [2.45, 2.75) is 72.5 Å². The fraction of sp³-hybridized carbons (Fsp3) is 0.517. The van der Waals surface area contributed by atoms with Crippen LogP contribution in [0.1, 0.15) is 64.0 Å². The van der Waals surface area contributed by atoms with Crippen molar-refractivity contribution < 1.29 is 4.79 Å². The van der Waals surface area contributed by atoms with E-state index in [-0.39, 0.29) is 17.1 Å². The quantitative estimate of drug-likeness (QED) is 0.301. The molecular weight excluding hydrogens is 512 g/mol. The first-order chi connectivity index (χ1) is 18.2. The van der Waals surface area contributed by atoms with Gasteiger partial charge in [0.2, 0.25) is 5.91 Å². The number of rotatable bonds is 9. The summed E-state index contributed by atoms with van der Waals surface area (Å²) in [6, 6.07) is 10.8. The van der Waals surface area contributed by atoms with E-state index in [2.05, 4.69) is 92.3 Å². The lowest BCUT2D eigenvalue weighted by Gasteiger charge is -2.33. The van der Waals surface area contributed by atoms with Gasteiger partial charge in [0.1, 0.15) is 11.1 Å². The molecule has 0 radical (unpaired) electrons. The Morgan fingerprint density at radius 3 is 2.53 bits per heavy atom. The predicted molar refractivity (Wildman–Crippen MR) is 158 cm³/mol. The lowest BCUT2D eigenvalue weighted by molar-refractivity contribution is -0.113. The van der Waals surface area contributed by atoms with E-state index in [1.807, 2.05) is 4.57 Å². The second kappa shape index (κ2) is 11.9. The van der Waals surface area contributed by atoms with Gasteiger partial charge in [-0.25, -0.2) is 0 Å². The summed E-state index contributed by atoms with van der Waals surface area (Å²) in [6.07, 6.45) is 2.96. The summed E-state index contributed by atoms with van der Waals surface area (Å²) < 4.78 is 2.04. The van der Waals surface area contributed by atoms with Crippen LogP contribution in [0.4, 0.5) is 10.7 Å². The van der Waals surface area contributed by atoms with Crippen LogP contribution in [0.5, 0.6) is 0 Å². The van der Waals surface area contributed by atoms with Crippen LogP contribution in [0.15, 0.2) is 29.4 Å². The van der Waals surface area contributed by atoms with Gasteiger partial charge in [-0.05, 0) is 81.2 Å². The largest absolute Gasteiger partial charge is 0.372 e. The van der Waals surface area contributed by atoms with Crippen molar-refractivity contribution in [2.24, 2.45) is 11.3 Å². The highest BCUT2D eigenvalue weighted by Gasteiger charge is 2.32. The van der Waals surface area contributed by atoms with Gasteiger partial charge in [0.05, 0.1) is 11.3 Å². The van der Waals surface area contributed by atoms with Gasteiger partial charge in [-0.2, -0.15) is 5.26 Å². The van der Waals surface area contributed by atoms with Crippen LogP contribution in [0.25, 0.3) is 11.4 Å². The monoisotopic (exact) mass is 550 g/mol. The lowest BCUT2D eigenvalue weighted by atomic mass is 9.72. The summed E-state index contributed by atoms with van der Waals surface area (Å²) >= 11 is 2.94. The minimum absolute atomic E-state index is 0.131. The molecule has 1 atom stereocenters. The first-order valence-corrected chi connectivity index (χ1v) is 15.3. The molecule has 1 amide bonds. The molecule has 1 unspecified atom stereocenters. The summed E-state index contributed by atoms with van der Waals surface area (Å²) in [5, 5.41) is 23.1. The molecule has 202 valence electrons. The molecule has 0 aliphatic heterocycles. The van der Waals surface area contributed by atoms with Crippen molar-refractivity contribution in [3.05, 3.63) is 40.3 Å². The summed E-state index contributed by atoms with van der Waals surface area (Å²) in [6.45, 7) is 15.8.